The number of aromatic nitrogens is 2. The molecule has 23 heavy (non-hydrogen) atoms. The molecule has 0 unspecified atom stereocenters. The second-order valence-corrected chi connectivity index (χ2v) is 5.48. The van der Waals surface area contributed by atoms with Crippen molar-refractivity contribution in [1.82, 2.24) is 9.97 Å². The Morgan fingerprint density at radius 3 is 2.35 bits per heavy atom. The zero-order valence-corrected chi connectivity index (χ0v) is 13.1. The molecular formula is C18H16FN3O. The maximum atomic E-state index is 12.9. The van der Waals surface area contributed by atoms with E-state index < -0.39 is 0 Å². The van der Waals surface area contributed by atoms with Gasteiger partial charge in [-0.1, -0.05) is 0 Å². The molecule has 0 fully saturated rings. The SMILES string of the molecule is Cc1nc2nc(NC(=O)c3ccc(F)cc3)ccc2c(C)c1C. The van der Waals surface area contributed by atoms with Gasteiger partial charge in [0.1, 0.15) is 11.6 Å². The molecule has 5 heteroatoms. The Labute approximate surface area is 133 Å². The average Bonchev–Trinajstić information content (AvgIpc) is 2.53. The van der Waals surface area contributed by atoms with Crippen LogP contribution in [0.1, 0.15) is 27.2 Å². The fourth-order valence-electron chi connectivity index (χ4n) is 2.40. The Hall–Kier alpha value is -2.82. The number of amides is 1. The molecule has 1 aromatic carbocycles. The Morgan fingerprint density at radius 1 is 0.957 bits per heavy atom. The summed E-state index contributed by atoms with van der Waals surface area (Å²) in [4.78, 5) is 21.0. The van der Waals surface area contributed by atoms with Crippen LogP contribution in [0.5, 0.6) is 0 Å². The zero-order chi connectivity index (χ0) is 16.6. The molecule has 1 amide bonds. The van der Waals surface area contributed by atoms with Crippen LogP contribution in [0, 0.1) is 26.6 Å². The van der Waals surface area contributed by atoms with E-state index in [1.807, 2.05) is 26.8 Å². The summed E-state index contributed by atoms with van der Waals surface area (Å²) in [7, 11) is 0. The third-order valence-corrected chi connectivity index (χ3v) is 4.01. The molecule has 3 rings (SSSR count). The van der Waals surface area contributed by atoms with Crippen molar-refractivity contribution in [2.24, 2.45) is 0 Å². The maximum Gasteiger partial charge on any atom is 0.256 e. The Bertz CT molecular complexity index is 904. The molecule has 0 aliphatic rings. The number of aryl methyl sites for hydroxylation is 2. The number of nitrogens with zero attached hydrogens (tertiary/aromatic N) is 2. The Kier molecular flexibility index (Phi) is 3.78. The topological polar surface area (TPSA) is 54.9 Å². The van der Waals surface area contributed by atoms with Gasteiger partial charge < -0.3 is 5.32 Å². The second-order valence-electron chi connectivity index (χ2n) is 5.48. The number of hydrogen-bond acceptors (Lipinski definition) is 3. The highest BCUT2D eigenvalue weighted by Gasteiger charge is 2.10. The van der Waals surface area contributed by atoms with Crippen LogP contribution in [-0.4, -0.2) is 15.9 Å². The number of fused-ring (bicyclic) bond motifs is 1. The third-order valence-electron chi connectivity index (χ3n) is 4.01. The van der Waals surface area contributed by atoms with Gasteiger partial charge in [-0.05, 0) is 68.3 Å². The van der Waals surface area contributed by atoms with Crippen molar-refractivity contribution in [1.29, 1.82) is 0 Å². The minimum atomic E-state index is -0.379. The van der Waals surface area contributed by atoms with Crippen molar-refractivity contribution < 1.29 is 9.18 Å². The zero-order valence-electron chi connectivity index (χ0n) is 13.1. The number of hydrogen-bond donors (Lipinski definition) is 1. The Balaban J connectivity index is 1.93. The first-order valence-corrected chi connectivity index (χ1v) is 7.27. The van der Waals surface area contributed by atoms with E-state index in [-0.39, 0.29) is 11.7 Å². The van der Waals surface area contributed by atoms with Crippen molar-refractivity contribution in [3.8, 4) is 0 Å². The van der Waals surface area contributed by atoms with Crippen LogP contribution in [0.4, 0.5) is 10.2 Å². The molecule has 0 atom stereocenters. The lowest BCUT2D eigenvalue weighted by atomic mass is 10.1. The smallest absolute Gasteiger partial charge is 0.256 e. The van der Waals surface area contributed by atoms with Crippen molar-refractivity contribution >= 4 is 22.8 Å². The fraction of sp³-hybridized carbons (Fsp3) is 0.167. The molecule has 0 spiro atoms. The van der Waals surface area contributed by atoms with Crippen LogP contribution < -0.4 is 5.32 Å². The van der Waals surface area contributed by atoms with Crippen LogP contribution in [-0.2, 0) is 0 Å². The quantitative estimate of drug-likeness (QED) is 0.780. The molecule has 0 saturated heterocycles. The number of rotatable bonds is 2. The molecule has 0 aliphatic heterocycles. The van der Waals surface area contributed by atoms with E-state index in [2.05, 4.69) is 15.3 Å². The first kappa shape index (κ1) is 15.1. The summed E-state index contributed by atoms with van der Waals surface area (Å²) in [6.07, 6.45) is 0. The number of halogens is 1. The van der Waals surface area contributed by atoms with Crippen molar-refractivity contribution in [2.45, 2.75) is 20.8 Å². The number of carbonyl (C=O) groups is 1. The minimum absolute atomic E-state index is 0.336. The molecule has 0 bridgehead atoms. The van der Waals surface area contributed by atoms with E-state index in [1.54, 1.807) is 6.07 Å². The first-order chi connectivity index (χ1) is 11.0. The summed E-state index contributed by atoms with van der Waals surface area (Å²) in [5, 5.41) is 3.68. The molecule has 0 radical (unpaired) electrons. The summed E-state index contributed by atoms with van der Waals surface area (Å²) in [6, 6.07) is 9.01. The standard InChI is InChI=1S/C18H16FN3O/c1-10-11(2)15-8-9-16(21-17(15)20-12(10)3)22-18(23)13-4-6-14(19)7-5-13/h4-9H,1-3H3,(H,20,21,22,23). The molecule has 0 aliphatic carbocycles. The summed E-state index contributed by atoms with van der Waals surface area (Å²) >= 11 is 0. The predicted molar refractivity (Wildman–Crippen MR) is 88.1 cm³/mol. The number of anilines is 1. The van der Waals surface area contributed by atoms with Crippen LogP contribution >= 0.6 is 0 Å². The monoisotopic (exact) mass is 309 g/mol. The molecule has 4 nitrogen and oxygen atoms in total. The molecule has 2 heterocycles. The van der Waals surface area contributed by atoms with Gasteiger partial charge in [-0.15, -0.1) is 0 Å². The van der Waals surface area contributed by atoms with Gasteiger partial charge >= 0.3 is 0 Å². The normalized spacial score (nSPS) is 10.8. The summed E-state index contributed by atoms with van der Waals surface area (Å²) in [5.41, 5.74) is 4.17. The van der Waals surface area contributed by atoms with Gasteiger partial charge in [0, 0.05) is 16.6 Å². The van der Waals surface area contributed by atoms with Gasteiger partial charge in [0.05, 0.1) is 0 Å². The highest BCUT2D eigenvalue weighted by Crippen LogP contribution is 2.22. The van der Waals surface area contributed by atoms with Crippen LogP contribution in [0.2, 0.25) is 0 Å². The molecular weight excluding hydrogens is 293 g/mol. The summed E-state index contributed by atoms with van der Waals surface area (Å²) < 4.78 is 12.9. The largest absolute Gasteiger partial charge is 0.306 e. The minimum Gasteiger partial charge on any atom is -0.306 e. The van der Waals surface area contributed by atoms with Gasteiger partial charge in [-0.25, -0.2) is 14.4 Å². The van der Waals surface area contributed by atoms with Crippen LogP contribution in [0.25, 0.3) is 11.0 Å². The van der Waals surface area contributed by atoms with E-state index in [0.717, 1.165) is 22.2 Å². The predicted octanol–water partition coefficient (Wildman–Crippen LogP) is 3.95. The van der Waals surface area contributed by atoms with E-state index >= 15 is 0 Å². The van der Waals surface area contributed by atoms with Gasteiger partial charge in [0.2, 0.25) is 0 Å². The molecule has 0 saturated carbocycles. The molecule has 3 aromatic rings. The summed E-state index contributed by atoms with van der Waals surface area (Å²) in [5.74, 6) is -0.296. The van der Waals surface area contributed by atoms with E-state index in [1.165, 1.54) is 24.3 Å². The lowest BCUT2D eigenvalue weighted by Gasteiger charge is -2.10. The number of carbonyl (C=O) groups excluding carboxylic acids is 1. The van der Waals surface area contributed by atoms with Gasteiger partial charge in [0.15, 0.2) is 5.65 Å². The van der Waals surface area contributed by atoms with Crippen molar-refractivity contribution in [2.75, 3.05) is 5.32 Å². The van der Waals surface area contributed by atoms with Gasteiger partial charge in [-0.3, -0.25) is 4.79 Å². The lowest BCUT2D eigenvalue weighted by Crippen LogP contribution is -2.13. The fourth-order valence-corrected chi connectivity index (χ4v) is 2.40. The molecule has 2 aromatic heterocycles. The number of pyridine rings is 2. The Morgan fingerprint density at radius 2 is 1.65 bits per heavy atom. The van der Waals surface area contributed by atoms with E-state index in [4.69, 9.17) is 0 Å². The van der Waals surface area contributed by atoms with Gasteiger partial charge in [-0.2, -0.15) is 0 Å². The summed E-state index contributed by atoms with van der Waals surface area (Å²) in [6.45, 7) is 6.00. The molecule has 1 N–H and O–H groups in total. The maximum absolute atomic E-state index is 12.9. The van der Waals surface area contributed by atoms with E-state index in [0.29, 0.717) is 17.0 Å². The number of nitrogens with one attached hydrogen (secondary N) is 1. The van der Waals surface area contributed by atoms with Crippen molar-refractivity contribution in [3.63, 3.8) is 0 Å². The highest BCUT2D eigenvalue weighted by molar-refractivity contribution is 6.04. The van der Waals surface area contributed by atoms with Crippen LogP contribution in [0.15, 0.2) is 36.4 Å². The lowest BCUT2D eigenvalue weighted by molar-refractivity contribution is 0.102. The van der Waals surface area contributed by atoms with E-state index in [9.17, 15) is 9.18 Å². The highest BCUT2D eigenvalue weighted by atomic mass is 19.1. The van der Waals surface area contributed by atoms with Crippen molar-refractivity contribution in [3.05, 3.63) is 64.6 Å². The third kappa shape index (κ3) is 2.90. The van der Waals surface area contributed by atoms with Crippen LogP contribution in [0.3, 0.4) is 0 Å². The second kappa shape index (κ2) is 5.76. The van der Waals surface area contributed by atoms with Gasteiger partial charge in [0.25, 0.3) is 5.91 Å². The first-order valence-electron chi connectivity index (χ1n) is 7.27. The average molecular weight is 309 g/mol. The number of benzene rings is 1. The molecule has 116 valence electrons.